The van der Waals surface area contributed by atoms with E-state index < -0.39 is 12.0 Å². The molecule has 1 aliphatic heterocycles. The Hall–Kier alpha value is -2.21. The summed E-state index contributed by atoms with van der Waals surface area (Å²) < 4.78 is 0. The summed E-state index contributed by atoms with van der Waals surface area (Å²) in [7, 11) is 0. The van der Waals surface area contributed by atoms with E-state index in [9.17, 15) is 9.90 Å². The third-order valence-corrected chi connectivity index (χ3v) is 4.40. The summed E-state index contributed by atoms with van der Waals surface area (Å²) in [5, 5.41) is 13.4. The van der Waals surface area contributed by atoms with Crippen LogP contribution in [0.25, 0.3) is 10.9 Å². The molecule has 1 aromatic heterocycles. The Labute approximate surface area is 141 Å². The van der Waals surface area contributed by atoms with Crippen molar-refractivity contribution in [2.75, 3.05) is 18.4 Å². The van der Waals surface area contributed by atoms with Crippen molar-refractivity contribution in [3.05, 3.63) is 30.1 Å². The van der Waals surface area contributed by atoms with Crippen LogP contribution in [0.4, 0.5) is 5.82 Å². The van der Waals surface area contributed by atoms with Crippen molar-refractivity contribution in [3.8, 4) is 0 Å². The molecule has 3 rings (SSSR count). The Morgan fingerprint density at radius 1 is 1.29 bits per heavy atom. The van der Waals surface area contributed by atoms with Crippen LogP contribution >= 0.6 is 0 Å². The van der Waals surface area contributed by atoms with Crippen molar-refractivity contribution in [2.24, 2.45) is 0 Å². The minimum absolute atomic E-state index is 0.565. The fourth-order valence-electron chi connectivity index (χ4n) is 3.16. The van der Waals surface area contributed by atoms with E-state index >= 15 is 0 Å². The molecular weight excluding hydrogens is 304 g/mol. The topological polar surface area (TPSA) is 78.4 Å². The molecule has 1 aliphatic rings. The number of fused-ring (bicyclic) bond motifs is 1. The molecule has 0 radical (unpaired) electrons. The number of carbonyl (C=O) groups is 1. The zero-order valence-corrected chi connectivity index (χ0v) is 14.0. The van der Waals surface area contributed by atoms with Crippen LogP contribution in [0.15, 0.2) is 24.3 Å². The smallest absolute Gasteiger partial charge is 0.326 e. The molecule has 1 atom stereocenters. The van der Waals surface area contributed by atoms with Crippen LogP contribution in [-0.4, -0.2) is 45.1 Å². The van der Waals surface area contributed by atoms with Crippen LogP contribution in [-0.2, 0) is 11.3 Å². The number of hydrogen-bond donors (Lipinski definition) is 2. The van der Waals surface area contributed by atoms with E-state index in [0.717, 1.165) is 36.2 Å². The highest BCUT2D eigenvalue weighted by atomic mass is 16.4. The predicted octanol–water partition coefficient (Wildman–Crippen LogP) is 2.89. The molecule has 1 saturated heterocycles. The number of nitrogens with one attached hydrogen (secondary N) is 1. The largest absolute Gasteiger partial charge is 0.480 e. The lowest BCUT2D eigenvalue weighted by atomic mass is 10.1. The number of rotatable bonds is 7. The first-order valence-corrected chi connectivity index (χ1v) is 8.64. The van der Waals surface area contributed by atoms with Gasteiger partial charge in [0.15, 0.2) is 0 Å². The second-order valence-electron chi connectivity index (χ2n) is 6.31. The Kier molecular flexibility index (Phi) is 5.25. The van der Waals surface area contributed by atoms with Crippen LogP contribution in [0.3, 0.4) is 0 Å². The second kappa shape index (κ2) is 7.57. The van der Waals surface area contributed by atoms with Gasteiger partial charge in [0.05, 0.1) is 12.1 Å². The summed E-state index contributed by atoms with van der Waals surface area (Å²) in [4.78, 5) is 23.1. The second-order valence-corrected chi connectivity index (χ2v) is 6.31. The minimum atomic E-state index is -0.847. The van der Waals surface area contributed by atoms with E-state index in [4.69, 9.17) is 0 Å². The first-order chi connectivity index (χ1) is 11.7. The summed E-state index contributed by atoms with van der Waals surface area (Å²) in [6, 6.07) is 7.12. The van der Waals surface area contributed by atoms with E-state index in [2.05, 4.69) is 20.2 Å². The molecule has 0 aliphatic carbocycles. The van der Waals surface area contributed by atoms with Crippen molar-refractivity contribution in [3.63, 3.8) is 0 Å². The monoisotopic (exact) mass is 328 g/mol. The molecule has 2 aromatic rings. The molecule has 1 aromatic carbocycles. The van der Waals surface area contributed by atoms with E-state index in [-0.39, 0.29) is 0 Å². The van der Waals surface area contributed by atoms with Crippen molar-refractivity contribution in [2.45, 2.75) is 45.2 Å². The third kappa shape index (κ3) is 3.82. The Morgan fingerprint density at radius 2 is 2.04 bits per heavy atom. The molecule has 0 amide bonds. The van der Waals surface area contributed by atoms with Gasteiger partial charge in [-0.3, -0.25) is 4.90 Å². The average Bonchev–Trinajstić information content (AvgIpc) is 3.07. The third-order valence-electron chi connectivity index (χ3n) is 4.40. The number of para-hydroxylation sites is 1. The first-order valence-electron chi connectivity index (χ1n) is 8.64. The number of benzene rings is 1. The lowest BCUT2D eigenvalue weighted by Crippen LogP contribution is -2.30. The Bertz CT molecular complexity index is 713. The molecule has 6 heteroatoms. The molecule has 128 valence electrons. The number of carboxylic acid groups (broad SMARTS) is 1. The molecule has 24 heavy (non-hydrogen) atoms. The van der Waals surface area contributed by atoms with Crippen molar-refractivity contribution in [1.29, 1.82) is 0 Å². The minimum Gasteiger partial charge on any atom is -0.480 e. The number of hydrogen-bond acceptors (Lipinski definition) is 5. The maximum atomic E-state index is 11.5. The molecule has 0 spiro atoms. The first kappa shape index (κ1) is 16.6. The van der Waals surface area contributed by atoms with Crippen LogP contribution in [0.5, 0.6) is 0 Å². The maximum Gasteiger partial charge on any atom is 0.326 e. The normalized spacial score (nSPS) is 16.4. The predicted molar refractivity (Wildman–Crippen MR) is 94.0 cm³/mol. The molecule has 1 fully saturated rings. The summed E-state index contributed by atoms with van der Waals surface area (Å²) in [5.41, 5.74) is 0.852. The van der Waals surface area contributed by atoms with Gasteiger partial charge < -0.3 is 10.4 Å². The SMILES string of the molecule is CCCC(Nc1nc(CN2CCCC2)nc2ccccc12)C(=O)O. The fraction of sp³-hybridized carbons (Fsp3) is 0.500. The zero-order valence-electron chi connectivity index (χ0n) is 14.0. The molecule has 0 saturated carbocycles. The van der Waals surface area contributed by atoms with Crippen molar-refractivity contribution < 1.29 is 9.90 Å². The van der Waals surface area contributed by atoms with Gasteiger partial charge in [-0.2, -0.15) is 0 Å². The van der Waals surface area contributed by atoms with Gasteiger partial charge in [0, 0.05) is 5.39 Å². The fourth-order valence-corrected chi connectivity index (χ4v) is 3.16. The maximum absolute atomic E-state index is 11.5. The number of aromatic nitrogens is 2. The van der Waals surface area contributed by atoms with Gasteiger partial charge >= 0.3 is 5.97 Å². The highest BCUT2D eigenvalue weighted by Gasteiger charge is 2.20. The van der Waals surface area contributed by atoms with Gasteiger partial charge in [0.25, 0.3) is 0 Å². The quantitative estimate of drug-likeness (QED) is 0.814. The van der Waals surface area contributed by atoms with Crippen molar-refractivity contribution in [1.82, 2.24) is 14.9 Å². The lowest BCUT2D eigenvalue weighted by Gasteiger charge is -2.18. The van der Waals surface area contributed by atoms with Gasteiger partial charge in [-0.25, -0.2) is 14.8 Å². The van der Waals surface area contributed by atoms with Gasteiger partial charge in [0.1, 0.15) is 17.7 Å². The Morgan fingerprint density at radius 3 is 2.75 bits per heavy atom. The molecule has 6 nitrogen and oxygen atoms in total. The zero-order chi connectivity index (χ0) is 16.9. The number of anilines is 1. The number of nitrogens with zero attached hydrogens (tertiary/aromatic N) is 3. The molecule has 2 N–H and O–H groups in total. The van der Waals surface area contributed by atoms with E-state index in [1.165, 1.54) is 12.8 Å². The van der Waals surface area contributed by atoms with Gasteiger partial charge in [-0.15, -0.1) is 0 Å². The highest BCUT2D eigenvalue weighted by Crippen LogP contribution is 2.22. The van der Waals surface area contributed by atoms with E-state index in [0.29, 0.717) is 18.8 Å². The Balaban J connectivity index is 1.92. The summed E-state index contributed by atoms with van der Waals surface area (Å²) >= 11 is 0. The lowest BCUT2D eigenvalue weighted by molar-refractivity contribution is -0.138. The standard InChI is InChI=1S/C18H24N4O2/c1-2-7-15(18(23)24)20-17-13-8-3-4-9-14(13)19-16(21-17)12-22-10-5-6-11-22/h3-4,8-9,15H,2,5-7,10-12H2,1H3,(H,23,24)(H,19,20,21). The van der Waals surface area contributed by atoms with Crippen LogP contribution in [0.1, 0.15) is 38.4 Å². The van der Waals surface area contributed by atoms with Gasteiger partial charge in [-0.05, 0) is 44.5 Å². The number of carboxylic acids is 1. The summed E-state index contributed by atoms with van der Waals surface area (Å²) in [6.45, 7) is 4.85. The summed E-state index contributed by atoms with van der Waals surface area (Å²) in [6.07, 6.45) is 3.80. The number of likely N-dealkylation sites (tertiary alicyclic amines) is 1. The van der Waals surface area contributed by atoms with Gasteiger partial charge in [0.2, 0.25) is 0 Å². The molecule has 1 unspecified atom stereocenters. The highest BCUT2D eigenvalue weighted by molar-refractivity contribution is 5.90. The van der Waals surface area contributed by atoms with Crippen LogP contribution in [0.2, 0.25) is 0 Å². The average molecular weight is 328 g/mol. The summed E-state index contributed by atoms with van der Waals surface area (Å²) in [5.74, 6) is 0.523. The molecule has 0 bridgehead atoms. The number of aliphatic carboxylic acids is 1. The van der Waals surface area contributed by atoms with Crippen molar-refractivity contribution >= 4 is 22.7 Å². The van der Waals surface area contributed by atoms with E-state index in [1.54, 1.807) is 0 Å². The molecular formula is C18H24N4O2. The molecule has 2 heterocycles. The van der Waals surface area contributed by atoms with Crippen LogP contribution in [0, 0.1) is 0 Å². The van der Waals surface area contributed by atoms with Crippen LogP contribution < -0.4 is 5.32 Å². The van der Waals surface area contributed by atoms with E-state index in [1.807, 2.05) is 31.2 Å². The van der Waals surface area contributed by atoms with Gasteiger partial charge in [-0.1, -0.05) is 25.5 Å².